The Hall–Kier alpha value is -3.06. The first-order chi connectivity index (χ1) is 21.4. The van der Waals surface area contributed by atoms with Crippen molar-refractivity contribution in [3.05, 3.63) is 95.6 Å². The Labute approximate surface area is 259 Å². The normalized spacial score (nSPS) is 32.8. The van der Waals surface area contributed by atoms with E-state index in [4.69, 9.17) is 14.2 Å². The molecule has 232 valence electrons. The van der Waals surface area contributed by atoms with Crippen molar-refractivity contribution in [1.82, 2.24) is 25.1 Å². The Morgan fingerprint density at radius 2 is 1.64 bits per heavy atom. The summed E-state index contributed by atoms with van der Waals surface area (Å²) in [5.74, 6) is 0.287. The van der Waals surface area contributed by atoms with Gasteiger partial charge in [0.25, 0.3) is 0 Å². The van der Waals surface area contributed by atoms with Gasteiger partial charge in [-0.15, -0.1) is 0 Å². The molecule has 8 atom stereocenters. The molecule has 0 amide bonds. The smallest absolute Gasteiger partial charge is 0.165 e. The van der Waals surface area contributed by atoms with Gasteiger partial charge in [-0.1, -0.05) is 54.6 Å². The second-order valence-corrected chi connectivity index (χ2v) is 12.9. The molecule has 10 nitrogen and oxygen atoms in total. The molecule has 5 aliphatic heterocycles. The molecule has 2 N–H and O–H groups in total. The fraction of sp³-hybridized carbons (Fsp3) is 0.471. The minimum Gasteiger partial charge on any atom is -0.508 e. The lowest BCUT2D eigenvalue weighted by Gasteiger charge is -2.48. The van der Waals surface area contributed by atoms with Crippen LogP contribution in [0.1, 0.15) is 16.7 Å². The van der Waals surface area contributed by atoms with Crippen molar-refractivity contribution in [2.45, 2.75) is 68.8 Å². The van der Waals surface area contributed by atoms with Crippen LogP contribution < -0.4 is 10.2 Å². The molecule has 0 bridgehead atoms. The highest BCUT2D eigenvalue weighted by atomic mass is 16.6. The fourth-order valence-corrected chi connectivity index (χ4v) is 7.18. The van der Waals surface area contributed by atoms with Crippen molar-refractivity contribution in [3.63, 3.8) is 0 Å². The average Bonchev–Trinajstić information content (AvgIpc) is 3.90. The second kappa shape index (κ2) is 11.4. The van der Waals surface area contributed by atoms with E-state index in [-0.39, 0.29) is 55.1 Å². The second-order valence-electron chi connectivity index (χ2n) is 12.9. The van der Waals surface area contributed by atoms with Gasteiger partial charge in [-0.2, -0.15) is 0 Å². The zero-order valence-electron chi connectivity index (χ0n) is 25.6. The van der Waals surface area contributed by atoms with Crippen molar-refractivity contribution in [2.75, 3.05) is 39.1 Å². The zero-order chi connectivity index (χ0) is 29.9. The van der Waals surface area contributed by atoms with Crippen molar-refractivity contribution < 1.29 is 19.3 Å². The highest BCUT2D eigenvalue weighted by molar-refractivity contribution is 5.47. The molecule has 5 aliphatic rings. The summed E-state index contributed by atoms with van der Waals surface area (Å²) in [6.45, 7) is 3.24. The third kappa shape index (κ3) is 5.61. The molecule has 0 aromatic heterocycles. The molecular weight excluding hydrogens is 556 g/mol. The predicted octanol–water partition coefficient (Wildman–Crippen LogP) is 2.60. The summed E-state index contributed by atoms with van der Waals surface area (Å²) in [5.41, 5.74) is 4.91. The number of anilines is 1. The molecule has 0 radical (unpaired) electrons. The number of aromatic hydroxyl groups is 1. The number of rotatable bonds is 10. The van der Waals surface area contributed by atoms with Gasteiger partial charge in [0.1, 0.15) is 30.4 Å². The first kappa shape index (κ1) is 28.4. The van der Waals surface area contributed by atoms with Gasteiger partial charge in [0.15, 0.2) is 12.5 Å². The molecule has 6 unspecified atom stereocenters. The minimum atomic E-state index is -0.0364. The molecule has 0 aliphatic carbocycles. The van der Waals surface area contributed by atoms with Gasteiger partial charge in [0.2, 0.25) is 0 Å². The van der Waals surface area contributed by atoms with Gasteiger partial charge in [-0.25, -0.2) is 10.0 Å². The van der Waals surface area contributed by atoms with Crippen molar-refractivity contribution in [2.24, 2.45) is 0 Å². The van der Waals surface area contributed by atoms with E-state index in [0.717, 1.165) is 32.6 Å². The highest BCUT2D eigenvalue weighted by Gasteiger charge is 2.64. The summed E-state index contributed by atoms with van der Waals surface area (Å²) in [4.78, 5) is 7.24. The highest BCUT2D eigenvalue weighted by Crippen LogP contribution is 2.46. The largest absolute Gasteiger partial charge is 0.508 e. The van der Waals surface area contributed by atoms with E-state index in [2.05, 4.69) is 99.7 Å². The lowest BCUT2D eigenvalue weighted by molar-refractivity contribution is -0.158. The lowest BCUT2D eigenvalue weighted by Crippen LogP contribution is -2.66. The molecule has 5 saturated heterocycles. The number of fused-ring (bicyclic) bond motifs is 4. The first-order valence-electron chi connectivity index (χ1n) is 15.7. The minimum absolute atomic E-state index is 0.0216. The van der Waals surface area contributed by atoms with Gasteiger partial charge in [-0.3, -0.25) is 15.1 Å². The number of hydrogen-bond acceptors (Lipinski definition) is 10. The molecule has 10 heteroatoms. The standard InChI is InChI=1S/C34H42N6O4/c1-36(2)25-11-7-10-24(16-25)19-38-21-29-39(37(3)34-31(44-34)35-18-23-8-5-4-6-9-23)20-28-32(42-28)40(29)27(30-33(38)43-30)17-22-12-14-26(41)15-13-22/h4-16,27-35,41H,17-21H2,1-3H3/t27-,28?,29+,30?,31?,32?,33?,34?/m0/s1. The van der Waals surface area contributed by atoms with Crippen LogP contribution in [0.4, 0.5) is 5.69 Å². The number of nitrogens with zero attached hydrogens (tertiary/aromatic N) is 5. The van der Waals surface area contributed by atoms with Crippen LogP contribution in [0.2, 0.25) is 0 Å². The molecule has 5 heterocycles. The first-order valence-corrected chi connectivity index (χ1v) is 15.7. The summed E-state index contributed by atoms with van der Waals surface area (Å²) in [6.07, 6.45) is 1.24. The summed E-state index contributed by atoms with van der Waals surface area (Å²) < 4.78 is 19.0. The van der Waals surface area contributed by atoms with E-state index in [9.17, 15) is 5.11 Å². The van der Waals surface area contributed by atoms with Crippen LogP contribution in [0, 0.1) is 0 Å². The van der Waals surface area contributed by atoms with E-state index < -0.39 is 0 Å². The molecule has 5 fully saturated rings. The number of phenolic OH excluding ortho intramolecular Hbond substituents is 1. The van der Waals surface area contributed by atoms with Crippen LogP contribution in [0.5, 0.6) is 5.75 Å². The fourth-order valence-electron chi connectivity index (χ4n) is 7.18. The third-order valence-corrected chi connectivity index (χ3v) is 9.71. The van der Waals surface area contributed by atoms with Gasteiger partial charge < -0.3 is 24.2 Å². The topological polar surface area (TPSA) is 86.1 Å². The predicted molar refractivity (Wildman–Crippen MR) is 166 cm³/mol. The number of hydrogen-bond donors (Lipinski definition) is 2. The Kier molecular flexibility index (Phi) is 7.35. The van der Waals surface area contributed by atoms with Gasteiger partial charge in [0.05, 0.1) is 6.17 Å². The number of likely N-dealkylation sites (N-methyl/N-ethyl adjacent to an activating group) is 1. The number of epoxide rings is 3. The van der Waals surface area contributed by atoms with E-state index in [1.54, 1.807) is 12.1 Å². The Morgan fingerprint density at radius 3 is 2.43 bits per heavy atom. The Morgan fingerprint density at radius 1 is 0.841 bits per heavy atom. The Balaban J connectivity index is 1.05. The molecular formula is C34H42N6O4. The average molecular weight is 599 g/mol. The maximum absolute atomic E-state index is 9.92. The van der Waals surface area contributed by atoms with Crippen molar-refractivity contribution in [3.8, 4) is 5.75 Å². The Bertz CT molecular complexity index is 1460. The molecule has 0 saturated carbocycles. The molecule has 44 heavy (non-hydrogen) atoms. The zero-order valence-corrected chi connectivity index (χ0v) is 25.6. The van der Waals surface area contributed by atoms with Gasteiger partial charge in [0, 0.05) is 59.1 Å². The summed E-state index contributed by atoms with van der Waals surface area (Å²) in [5, 5.41) is 18.3. The number of benzene rings is 3. The monoisotopic (exact) mass is 598 g/mol. The van der Waals surface area contributed by atoms with E-state index in [0.29, 0.717) is 0 Å². The molecule has 0 spiro atoms. The van der Waals surface area contributed by atoms with Crippen LogP contribution in [-0.4, -0.2) is 108 Å². The number of ether oxygens (including phenoxy) is 3. The van der Waals surface area contributed by atoms with Crippen LogP contribution in [0.3, 0.4) is 0 Å². The van der Waals surface area contributed by atoms with Crippen LogP contribution in [0.15, 0.2) is 78.9 Å². The maximum atomic E-state index is 9.92. The summed E-state index contributed by atoms with van der Waals surface area (Å²) in [7, 11) is 6.32. The quantitative estimate of drug-likeness (QED) is 0.340. The van der Waals surface area contributed by atoms with E-state index in [1.165, 1.54) is 22.4 Å². The van der Waals surface area contributed by atoms with Crippen molar-refractivity contribution >= 4 is 5.69 Å². The van der Waals surface area contributed by atoms with Crippen LogP contribution in [0.25, 0.3) is 0 Å². The van der Waals surface area contributed by atoms with Crippen LogP contribution in [-0.2, 0) is 33.7 Å². The van der Waals surface area contributed by atoms with Crippen molar-refractivity contribution in [1.29, 1.82) is 0 Å². The maximum Gasteiger partial charge on any atom is 0.165 e. The summed E-state index contributed by atoms with van der Waals surface area (Å²) in [6, 6.07) is 27.0. The lowest BCUT2D eigenvalue weighted by atomic mass is 10.00. The SMILES string of the molecule is CN(C)c1cccc(CN2C[C@H]3N(C4OC4CN3N(C)C3OC3NCc3ccccc3)[C@@H](Cc3ccc(O)cc3)C3OC32)c1. The number of nitrogens with one attached hydrogen (secondary N) is 1. The molecule has 3 aromatic carbocycles. The third-order valence-electron chi connectivity index (χ3n) is 9.71. The molecule has 3 aromatic rings. The molecule has 8 rings (SSSR count). The van der Waals surface area contributed by atoms with E-state index in [1.807, 2.05) is 18.2 Å². The number of phenols is 1. The summed E-state index contributed by atoms with van der Waals surface area (Å²) >= 11 is 0. The number of hydrazine groups is 1. The van der Waals surface area contributed by atoms with Gasteiger partial charge >= 0.3 is 0 Å². The van der Waals surface area contributed by atoms with E-state index >= 15 is 0 Å². The van der Waals surface area contributed by atoms with Crippen LogP contribution >= 0.6 is 0 Å². The van der Waals surface area contributed by atoms with Gasteiger partial charge in [-0.05, 0) is 47.4 Å².